The summed E-state index contributed by atoms with van der Waals surface area (Å²) in [6, 6.07) is 4.21. The maximum atomic E-state index is 14.0. The molecular weight excluding hydrogens is 326 g/mol. The number of benzene rings is 1. The number of amides is 1. The van der Waals surface area contributed by atoms with Gasteiger partial charge < -0.3 is 9.80 Å². The van der Waals surface area contributed by atoms with E-state index >= 15 is 0 Å². The topological polar surface area (TPSA) is 41.4 Å². The largest absolute Gasteiger partial charge is 0.367 e. The molecule has 0 spiro atoms. The van der Waals surface area contributed by atoms with Crippen LogP contribution >= 0.6 is 0 Å². The molecule has 5 nitrogen and oxygen atoms in total. The van der Waals surface area contributed by atoms with Gasteiger partial charge in [0.1, 0.15) is 0 Å². The summed E-state index contributed by atoms with van der Waals surface area (Å²) in [7, 11) is 1.85. The number of rotatable bonds is 4. The summed E-state index contributed by atoms with van der Waals surface area (Å²) in [6.07, 6.45) is 5.49. The summed E-state index contributed by atoms with van der Waals surface area (Å²) in [4.78, 5) is 16.1. The predicted octanol–water partition coefficient (Wildman–Crippen LogP) is 2.37. The van der Waals surface area contributed by atoms with Crippen LogP contribution in [-0.4, -0.2) is 46.8 Å². The summed E-state index contributed by atoms with van der Waals surface area (Å²) in [5, 5.41) is 4.10. The maximum Gasteiger partial charge on any atom is 0.222 e. The molecule has 1 aliphatic heterocycles. The lowest BCUT2D eigenvalue weighted by Crippen LogP contribution is -2.35. The zero-order chi connectivity index (χ0) is 17.8. The zero-order valence-electron chi connectivity index (χ0n) is 14.3. The highest BCUT2D eigenvalue weighted by molar-refractivity contribution is 5.76. The van der Waals surface area contributed by atoms with Crippen molar-refractivity contribution in [2.24, 2.45) is 7.05 Å². The van der Waals surface area contributed by atoms with Gasteiger partial charge in [-0.05, 0) is 30.5 Å². The normalized spacial score (nSPS) is 15.3. The van der Waals surface area contributed by atoms with Crippen molar-refractivity contribution in [1.29, 1.82) is 0 Å². The number of carbonyl (C=O) groups excluding carboxylic acids is 1. The molecule has 0 radical (unpaired) electrons. The molecule has 1 aliphatic rings. The smallest absolute Gasteiger partial charge is 0.222 e. The maximum absolute atomic E-state index is 14.0. The van der Waals surface area contributed by atoms with Crippen molar-refractivity contribution in [2.45, 2.75) is 19.3 Å². The fourth-order valence-electron chi connectivity index (χ4n) is 3.15. The van der Waals surface area contributed by atoms with Gasteiger partial charge in [-0.2, -0.15) is 5.10 Å². The van der Waals surface area contributed by atoms with E-state index < -0.39 is 11.6 Å². The van der Waals surface area contributed by atoms with Gasteiger partial charge in [-0.25, -0.2) is 8.78 Å². The lowest BCUT2D eigenvalue weighted by atomic mass is 10.2. The number of carbonyl (C=O) groups is 1. The second-order valence-electron chi connectivity index (χ2n) is 6.32. The Hall–Kier alpha value is -2.44. The molecule has 1 fully saturated rings. The lowest BCUT2D eigenvalue weighted by Gasteiger charge is -2.24. The molecule has 3 rings (SSSR count). The molecule has 0 aliphatic carbocycles. The van der Waals surface area contributed by atoms with Crippen molar-refractivity contribution >= 4 is 11.6 Å². The third-order valence-electron chi connectivity index (χ3n) is 4.51. The number of anilines is 1. The number of halogens is 2. The highest BCUT2D eigenvalue weighted by Gasteiger charge is 2.21. The Kier molecular flexibility index (Phi) is 5.31. The molecular formula is C18H22F2N4O. The summed E-state index contributed by atoms with van der Waals surface area (Å²) in [6.45, 7) is 2.26. The van der Waals surface area contributed by atoms with Crippen molar-refractivity contribution in [3.8, 4) is 0 Å². The molecule has 0 atom stereocenters. The van der Waals surface area contributed by atoms with Crippen LogP contribution in [0.15, 0.2) is 30.6 Å². The first-order valence-electron chi connectivity index (χ1n) is 8.49. The summed E-state index contributed by atoms with van der Waals surface area (Å²) in [5.74, 6) is -1.57. The van der Waals surface area contributed by atoms with Crippen molar-refractivity contribution < 1.29 is 13.6 Å². The number of hydrogen-bond donors (Lipinski definition) is 0. The molecule has 0 N–H and O–H groups in total. The molecule has 1 amide bonds. The van der Waals surface area contributed by atoms with Crippen LogP contribution in [0.3, 0.4) is 0 Å². The molecule has 1 saturated heterocycles. The van der Waals surface area contributed by atoms with E-state index in [1.54, 1.807) is 16.9 Å². The van der Waals surface area contributed by atoms with Crippen LogP contribution in [0.1, 0.15) is 18.4 Å². The second kappa shape index (κ2) is 7.63. The van der Waals surface area contributed by atoms with Crippen LogP contribution in [-0.2, 0) is 18.3 Å². The van der Waals surface area contributed by atoms with Crippen molar-refractivity contribution in [3.63, 3.8) is 0 Å². The van der Waals surface area contributed by atoms with E-state index in [1.165, 1.54) is 6.07 Å². The van der Waals surface area contributed by atoms with E-state index in [4.69, 9.17) is 0 Å². The van der Waals surface area contributed by atoms with Crippen LogP contribution < -0.4 is 4.90 Å². The van der Waals surface area contributed by atoms with Gasteiger partial charge in [-0.3, -0.25) is 9.48 Å². The quantitative estimate of drug-likeness (QED) is 0.852. The average molecular weight is 348 g/mol. The molecule has 1 aromatic heterocycles. The fraction of sp³-hybridized carbons (Fsp3) is 0.444. The van der Waals surface area contributed by atoms with E-state index in [1.807, 2.05) is 23.0 Å². The molecule has 0 bridgehead atoms. The Bertz CT molecular complexity index is 746. The van der Waals surface area contributed by atoms with Gasteiger partial charge >= 0.3 is 0 Å². The lowest BCUT2D eigenvalue weighted by molar-refractivity contribution is -0.130. The van der Waals surface area contributed by atoms with Gasteiger partial charge in [0, 0.05) is 45.8 Å². The Morgan fingerprint density at radius 1 is 1.20 bits per heavy atom. The van der Waals surface area contributed by atoms with Crippen LogP contribution in [0.5, 0.6) is 0 Å². The monoisotopic (exact) mass is 348 g/mol. The van der Waals surface area contributed by atoms with Crippen LogP contribution in [0.2, 0.25) is 0 Å². The standard InChI is InChI=1S/C18H22F2N4O/c1-22-13-14(12-21-22)6-7-17(25)24-9-3-8-23(10-11-24)16-5-2-4-15(19)18(16)20/h2,4-5,12-13H,3,6-11H2,1H3. The Morgan fingerprint density at radius 3 is 2.80 bits per heavy atom. The average Bonchev–Trinajstić information content (AvgIpc) is 2.86. The second-order valence-corrected chi connectivity index (χ2v) is 6.32. The first-order chi connectivity index (χ1) is 12.0. The molecule has 1 aromatic carbocycles. The van der Waals surface area contributed by atoms with Crippen molar-refractivity contribution in [3.05, 3.63) is 47.8 Å². The SMILES string of the molecule is Cn1cc(CCC(=O)N2CCCN(c3cccc(F)c3F)CC2)cn1. The third kappa shape index (κ3) is 4.15. The highest BCUT2D eigenvalue weighted by Crippen LogP contribution is 2.23. The van der Waals surface area contributed by atoms with Gasteiger partial charge in [0.05, 0.1) is 11.9 Å². The van der Waals surface area contributed by atoms with Gasteiger partial charge in [0.2, 0.25) is 5.91 Å². The molecule has 2 heterocycles. The summed E-state index contributed by atoms with van der Waals surface area (Å²) < 4.78 is 29.1. The molecule has 2 aromatic rings. The number of aromatic nitrogens is 2. The van der Waals surface area contributed by atoms with Crippen LogP contribution in [0.25, 0.3) is 0 Å². The van der Waals surface area contributed by atoms with Gasteiger partial charge in [-0.15, -0.1) is 0 Å². The minimum Gasteiger partial charge on any atom is -0.367 e. The Labute approximate surface area is 145 Å². The Morgan fingerprint density at radius 2 is 2.04 bits per heavy atom. The third-order valence-corrected chi connectivity index (χ3v) is 4.51. The Balaban J connectivity index is 1.57. The number of nitrogens with zero attached hydrogens (tertiary/aromatic N) is 4. The van der Waals surface area contributed by atoms with Crippen LogP contribution in [0.4, 0.5) is 14.5 Å². The minimum absolute atomic E-state index is 0.0883. The van der Waals surface area contributed by atoms with E-state index in [9.17, 15) is 13.6 Å². The molecule has 134 valence electrons. The first kappa shape index (κ1) is 17.4. The van der Waals surface area contributed by atoms with Gasteiger partial charge in [0.25, 0.3) is 0 Å². The van der Waals surface area contributed by atoms with E-state index in [-0.39, 0.29) is 11.6 Å². The molecule has 7 heteroatoms. The van der Waals surface area contributed by atoms with Gasteiger partial charge in [-0.1, -0.05) is 6.07 Å². The number of aryl methyl sites for hydroxylation is 2. The van der Waals surface area contributed by atoms with Crippen molar-refractivity contribution in [1.82, 2.24) is 14.7 Å². The van der Waals surface area contributed by atoms with Crippen LogP contribution in [0, 0.1) is 11.6 Å². The summed E-state index contributed by atoms with van der Waals surface area (Å²) >= 11 is 0. The number of hydrogen-bond acceptors (Lipinski definition) is 3. The molecule has 0 saturated carbocycles. The minimum atomic E-state index is -0.842. The van der Waals surface area contributed by atoms with Crippen molar-refractivity contribution in [2.75, 3.05) is 31.1 Å². The summed E-state index contributed by atoms with van der Waals surface area (Å²) in [5.41, 5.74) is 1.30. The molecule has 25 heavy (non-hydrogen) atoms. The van der Waals surface area contributed by atoms with E-state index in [0.717, 1.165) is 18.1 Å². The fourth-order valence-corrected chi connectivity index (χ4v) is 3.15. The van der Waals surface area contributed by atoms with E-state index in [0.29, 0.717) is 39.0 Å². The predicted molar refractivity (Wildman–Crippen MR) is 91.3 cm³/mol. The zero-order valence-corrected chi connectivity index (χ0v) is 14.3. The highest BCUT2D eigenvalue weighted by atomic mass is 19.2. The van der Waals surface area contributed by atoms with E-state index in [2.05, 4.69) is 5.10 Å². The first-order valence-corrected chi connectivity index (χ1v) is 8.49. The van der Waals surface area contributed by atoms with Gasteiger partial charge in [0.15, 0.2) is 11.6 Å². The molecule has 0 unspecified atom stereocenters.